The second kappa shape index (κ2) is 12.1. The van der Waals surface area contributed by atoms with Gasteiger partial charge >= 0.3 is 0 Å². The molecule has 0 amide bonds. The summed E-state index contributed by atoms with van der Waals surface area (Å²) >= 11 is 0. The molecule has 4 heterocycles. The minimum atomic E-state index is 0.543. The molecular weight excluding hydrogens is 749 g/mol. The van der Waals surface area contributed by atoms with Gasteiger partial charge in [-0.25, -0.2) is 4.98 Å². The van der Waals surface area contributed by atoms with Gasteiger partial charge in [0, 0.05) is 43.4 Å². The van der Waals surface area contributed by atoms with Gasteiger partial charge in [-0.3, -0.25) is 4.57 Å². The highest BCUT2D eigenvalue weighted by molar-refractivity contribution is 6.29. The van der Waals surface area contributed by atoms with Crippen LogP contribution in [0.15, 0.2) is 191 Å². The van der Waals surface area contributed by atoms with Crippen LogP contribution in [-0.4, -0.2) is 19.5 Å². The maximum Gasteiger partial charge on any atom is 0.238 e. The van der Waals surface area contributed by atoms with Crippen LogP contribution in [0.25, 0.3) is 139 Å². The predicted molar refractivity (Wildman–Crippen MR) is 247 cm³/mol. The Bertz CT molecular complexity index is 4010. The van der Waals surface area contributed by atoms with Crippen molar-refractivity contribution in [2.75, 3.05) is 0 Å². The lowest BCUT2D eigenvalue weighted by molar-refractivity contribution is 0.668. The average Bonchev–Trinajstić information content (AvgIpc) is 4.07. The Morgan fingerprint density at radius 1 is 0.311 bits per heavy atom. The summed E-state index contributed by atoms with van der Waals surface area (Å²) < 4.78 is 14.8. The molecule has 0 unspecified atom stereocenters. The zero-order valence-corrected chi connectivity index (χ0v) is 32.4. The molecule has 0 atom stereocenters. The van der Waals surface area contributed by atoms with Crippen LogP contribution in [0, 0.1) is 0 Å². The number of furan rings is 2. The van der Waals surface area contributed by atoms with Crippen molar-refractivity contribution in [2.45, 2.75) is 0 Å². The number of fused-ring (bicyclic) bond motifs is 13. The highest BCUT2D eigenvalue weighted by atomic mass is 16.3. The molecule has 1 aliphatic rings. The quantitative estimate of drug-likeness (QED) is 0.178. The lowest BCUT2D eigenvalue weighted by atomic mass is 9.96. The maximum atomic E-state index is 6.35. The van der Waals surface area contributed by atoms with E-state index in [0.717, 1.165) is 87.9 Å². The van der Waals surface area contributed by atoms with Gasteiger partial charge in [0.25, 0.3) is 0 Å². The van der Waals surface area contributed by atoms with E-state index in [1.807, 2.05) is 54.6 Å². The van der Waals surface area contributed by atoms with Crippen molar-refractivity contribution in [3.05, 3.63) is 182 Å². The number of hydrogen-bond donors (Lipinski definition) is 0. The Morgan fingerprint density at radius 2 is 0.902 bits per heavy atom. The number of nitrogens with zero attached hydrogens (tertiary/aromatic N) is 4. The molecule has 0 bridgehead atoms. The first-order valence-corrected chi connectivity index (χ1v) is 20.5. The maximum absolute atomic E-state index is 6.35. The van der Waals surface area contributed by atoms with Crippen molar-refractivity contribution in [2.24, 2.45) is 0 Å². The molecule has 0 N–H and O–H groups in total. The summed E-state index contributed by atoms with van der Waals surface area (Å²) in [6.45, 7) is 0. The van der Waals surface area contributed by atoms with E-state index < -0.39 is 0 Å². The third kappa shape index (κ3) is 4.64. The first kappa shape index (κ1) is 32.6. The highest BCUT2D eigenvalue weighted by Crippen LogP contribution is 2.51. The molecule has 6 heteroatoms. The van der Waals surface area contributed by atoms with Gasteiger partial charge in [-0.05, 0) is 98.8 Å². The molecule has 0 saturated heterocycles. The Kier molecular flexibility index (Phi) is 6.46. The number of rotatable bonds is 4. The van der Waals surface area contributed by atoms with Gasteiger partial charge in [0.15, 0.2) is 11.6 Å². The van der Waals surface area contributed by atoms with Crippen molar-refractivity contribution >= 4 is 76.5 Å². The van der Waals surface area contributed by atoms with Crippen molar-refractivity contribution in [3.63, 3.8) is 0 Å². The SMILES string of the molecule is c1ccc(-c2nc(-c3ccc4c(c3)oc3ccccc34)nc(-n3c4ccc(-c5ccc6oc7ccccc7c6c5)cc4c4c5cccc6c5c(cc43)-c3ccccc3-6)n2)cc1. The summed E-state index contributed by atoms with van der Waals surface area (Å²) in [4.78, 5) is 15.8. The lowest BCUT2D eigenvalue weighted by Crippen LogP contribution is -2.06. The van der Waals surface area contributed by atoms with Gasteiger partial charge in [0.2, 0.25) is 5.95 Å². The molecule has 9 aromatic carbocycles. The van der Waals surface area contributed by atoms with Gasteiger partial charge in [-0.1, -0.05) is 127 Å². The minimum absolute atomic E-state index is 0.543. The van der Waals surface area contributed by atoms with Gasteiger partial charge in [0.05, 0.1) is 11.0 Å². The Balaban J connectivity index is 1.06. The van der Waals surface area contributed by atoms with Gasteiger partial charge in [-0.15, -0.1) is 0 Å². The first-order chi connectivity index (χ1) is 30.2. The minimum Gasteiger partial charge on any atom is -0.456 e. The summed E-state index contributed by atoms with van der Waals surface area (Å²) in [6.07, 6.45) is 0. The summed E-state index contributed by atoms with van der Waals surface area (Å²) in [5.41, 5.74) is 14.4. The fourth-order valence-corrected chi connectivity index (χ4v) is 9.86. The highest BCUT2D eigenvalue weighted by Gasteiger charge is 2.27. The molecule has 0 aliphatic heterocycles. The monoisotopic (exact) mass is 778 g/mol. The summed E-state index contributed by atoms with van der Waals surface area (Å²) in [5, 5.41) is 9.10. The van der Waals surface area contributed by atoms with Crippen molar-refractivity contribution in [1.29, 1.82) is 0 Å². The molecule has 1 aliphatic carbocycles. The molecular formula is C55H30N4O2. The van der Waals surface area contributed by atoms with E-state index in [4.69, 9.17) is 23.8 Å². The van der Waals surface area contributed by atoms with Crippen LogP contribution in [0.5, 0.6) is 0 Å². The molecule has 0 saturated carbocycles. The number of aromatic nitrogens is 4. The van der Waals surface area contributed by atoms with E-state index in [9.17, 15) is 0 Å². The topological polar surface area (TPSA) is 69.9 Å². The van der Waals surface area contributed by atoms with Crippen LogP contribution >= 0.6 is 0 Å². The van der Waals surface area contributed by atoms with Crippen molar-refractivity contribution < 1.29 is 8.83 Å². The number of para-hydroxylation sites is 2. The zero-order valence-electron chi connectivity index (χ0n) is 32.4. The van der Waals surface area contributed by atoms with Crippen LogP contribution in [0.4, 0.5) is 0 Å². The molecule has 61 heavy (non-hydrogen) atoms. The first-order valence-electron chi connectivity index (χ1n) is 20.5. The standard InChI is InChI=1S/C55H30N4O2/c1-2-11-31(12-3-1)53-56-54(34-21-24-39-37-15-6-8-19-47(37)61-50(39)29-34)58-55(57-53)59-45-25-22-32(33-23-26-49-42(27-33)38-16-7-9-20-48(38)60-49)28-44(45)52-41-18-10-17-40-35-13-4-5-14-36(35)43(51(40)41)30-46(52)59/h1-30H. The molecule has 282 valence electrons. The largest absolute Gasteiger partial charge is 0.456 e. The molecule has 14 rings (SSSR count). The smallest absolute Gasteiger partial charge is 0.238 e. The summed E-state index contributed by atoms with van der Waals surface area (Å²) in [6, 6.07) is 63.9. The fourth-order valence-electron chi connectivity index (χ4n) is 9.86. The predicted octanol–water partition coefficient (Wildman–Crippen LogP) is 14.6. The fraction of sp³-hybridized carbons (Fsp3) is 0. The number of benzene rings is 9. The third-order valence-corrected chi connectivity index (χ3v) is 12.6. The van der Waals surface area contributed by atoms with Crippen LogP contribution in [0.2, 0.25) is 0 Å². The van der Waals surface area contributed by atoms with E-state index in [1.165, 1.54) is 33.0 Å². The van der Waals surface area contributed by atoms with Gasteiger partial charge in [0.1, 0.15) is 22.3 Å². The van der Waals surface area contributed by atoms with Crippen molar-refractivity contribution in [1.82, 2.24) is 19.5 Å². The number of hydrogen-bond acceptors (Lipinski definition) is 5. The third-order valence-electron chi connectivity index (χ3n) is 12.6. The Labute approximate surface area is 347 Å². The molecule has 4 aromatic heterocycles. The average molecular weight is 779 g/mol. The van der Waals surface area contributed by atoms with Gasteiger partial charge in [-0.2, -0.15) is 9.97 Å². The van der Waals surface area contributed by atoms with E-state index >= 15 is 0 Å². The van der Waals surface area contributed by atoms with Gasteiger partial charge < -0.3 is 8.83 Å². The normalized spacial score (nSPS) is 12.3. The molecule has 0 radical (unpaired) electrons. The molecule has 0 fully saturated rings. The molecule has 6 nitrogen and oxygen atoms in total. The van der Waals surface area contributed by atoms with Crippen LogP contribution in [-0.2, 0) is 0 Å². The van der Waals surface area contributed by atoms with E-state index in [2.05, 4.69) is 132 Å². The van der Waals surface area contributed by atoms with Crippen LogP contribution in [0.1, 0.15) is 0 Å². The molecule has 0 spiro atoms. The second-order valence-electron chi connectivity index (χ2n) is 15.9. The zero-order chi connectivity index (χ0) is 39.8. The second-order valence-corrected chi connectivity index (χ2v) is 15.9. The summed E-state index contributed by atoms with van der Waals surface area (Å²) in [5.74, 6) is 1.70. The lowest BCUT2D eigenvalue weighted by Gasteiger charge is -2.12. The Hall–Kier alpha value is -8.35. The van der Waals surface area contributed by atoms with E-state index in [0.29, 0.717) is 17.6 Å². The van der Waals surface area contributed by atoms with Crippen molar-refractivity contribution in [3.8, 4) is 62.1 Å². The van der Waals surface area contributed by atoms with E-state index in [1.54, 1.807) is 0 Å². The van der Waals surface area contributed by atoms with Crippen LogP contribution < -0.4 is 0 Å². The Morgan fingerprint density at radius 3 is 1.72 bits per heavy atom. The molecule has 13 aromatic rings. The van der Waals surface area contributed by atoms with E-state index in [-0.39, 0.29) is 0 Å². The summed E-state index contributed by atoms with van der Waals surface area (Å²) in [7, 11) is 0. The van der Waals surface area contributed by atoms with Crippen LogP contribution in [0.3, 0.4) is 0 Å².